The SMILES string of the molecule is O=C(OCc1ccccc1)[C@H](Cc1ccccc1)NCl. The first kappa shape index (κ1) is 14.6. The Morgan fingerprint density at radius 1 is 1.00 bits per heavy atom. The molecule has 0 aliphatic rings. The third-order valence-electron chi connectivity index (χ3n) is 2.92. The van der Waals surface area contributed by atoms with Gasteiger partial charge in [0.1, 0.15) is 12.6 Å². The molecule has 0 aliphatic heterocycles. The van der Waals surface area contributed by atoms with E-state index >= 15 is 0 Å². The maximum atomic E-state index is 12.0. The van der Waals surface area contributed by atoms with Gasteiger partial charge in [-0.2, -0.15) is 0 Å². The van der Waals surface area contributed by atoms with Crippen LogP contribution in [-0.4, -0.2) is 12.0 Å². The van der Waals surface area contributed by atoms with Crippen molar-refractivity contribution in [3.8, 4) is 0 Å². The quantitative estimate of drug-likeness (QED) is 0.656. The van der Waals surface area contributed by atoms with E-state index in [4.69, 9.17) is 16.5 Å². The Morgan fingerprint density at radius 2 is 1.55 bits per heavy atom. The summed E-state index contributed by atoms with van der Waals surface area (Å²) >= 11 is 5.64. The van der Waals surface area contributed by atoms with Crippen LogP contribution in [0.3, 0.4) is 0 Å². The van der Waals surface area contributed by atoms with E-state index in [9.17, 15) is 4.79 Å². The topological polar surface area (TPSA) is 38.3 Å². The lowest BCUT2D eigenvalue weighted by Gasteiger charge is -2.14. The van der Waals surface area contributed by atoms with Crippen LogP contribution in [0, 0.1) is 0 Å². The zero-order valence-electron chi connectivity index (χ0n) is 11.0. The van der Waals surface area contributed by atoms with Crippen LogP contribution >= 0.6 is 11.8 Å². The van der Waals surface area contributed by atoms with Crippen molar-refractivity contribution in [2.24, 2.45) is 0 Å². The summed E-state index contributed by atoms with van der Waals surface area (Å²) in [5.41, 5.74) is 1.98. The molecule has 0 aromatic heterocycles. The molecular formula is C16H16ClNO2. The number of halogens is 1. The molecule has 4 heteroatoms. The number of hydrogen-bond acceptors (Lipinski definition) is 3. The minimum absolute atomic E-state index is 0.254. The van der Waals surface area contributed by atoms with Crippen molar-refractivity contribution in [3.05, 3.63) is 71.8 Å². The second-order valence-electron chi connectivity index (χ2n) is 4.44. The Hall–Kier alpha value is -1.84. The van der Waals surface area contributed by atoms with E-state index < -0.39 is 6.04 Å². The number of carbonyl (C=O) groups excluding carboxylic acids is 1. The van der Waals surface area contributed by atoms with Gasteiger partial charge in [0, 0.05) is 0 Å². The molecule has 0 fully saturated rings. The molecule has 1 N–H and O–H groups in total. The van der Waals surface area contributed by atoms with E-state index in [1.54, 1.807) is 0 Å². The van der Waals surface area contributed by atoms with E-state index in [2.05, 4.69) is 4.84 Å². The second kappa shape index (κ2) is 7.68. The van der Waals surface area contributed by atoms with Gasteiger partial charge in [-0.1, -0.05) is 60.7 Å². The second-order valence-corrected chi connectivity index (χ2v) is 4.66. The van der Waals surface area contributed by atoms with Crippen LogP contribution in [-0.2, 0) is 22.6 Å². The molecule has 3 nitrogen and oxygen atoms in total. The summed E-state index contributed by atoms with van der Waals surface area (Å²) in [7, 11) is 0. The molecule has 0 heterocycles. The summed E-state index contributed by atoms with van der Waals surface area (Å²) in [5.74, 6) is -0.354. The smallest absolute Gasteiger partial charge is 0.325 e. The largest absolute Gasteiger partial charge is 0.460 e. The van der Waals surface area contributed by atoms with Gasteiger partial charge in [0.15, 0.2) is 0 Å². The number of rotatable bonds is 6. The first-order valence-electron chi connectivity index (χ1n) is 6.40. The molecule has 2 aromatic rings. The molecule has 0 aliphatic carbocycles. The van der Waals surface area contributed by atoms with Gasteiger partial charge in [-0.05, 0) is 29.3 Å². The van der Waals surface area contributed by atoms with Crippen LogP contribution in [0.15, 0.2) is 60.7 Å². The number of benzene rings is 2. The molecule has 0 saturated carbocycles. The van der Waals surface area contributed by atoms with Gasteiger partial charge in [-0.15, -0.1) is 0 Å². The Balaban J connectivity index is 1.89. The summed E-state index contributed by atoms with van der Waals surface area (Å²) in [6, 6.07) is 18.7. The molecule has 2 aromatic carbocycles. The van der Waals surface area contributed by atoms with E-state index in [-0.39, 0.29) is 12.6 Å². The maximum Gasteiger partial charge on any atom is 0.325 e. The molecule has 0 radical (unpaired) electrons. The van der Waals surface area contributed by atoms with Gasteiger partial charge in [0.25, 0.3) is 0 Å². The van der Waals surface area contributed by atoms with Gasteiger partial charge in [-0.3, -0.25) is 4.79 Å². The monoisotopic (exact) mass is 289 g/mol. The third-order valence-corrected chi connectivity index (χ3v) is 3.19. The predicted octanol–water partition coefficient (Wildman–Crippen LogP) is 3.08. The molecule has 0 amide bonds. The predicted molar refractivity (Wildman–Crippen MR) is 79.2 cm³/mol. The van der Waals surface area contributed by atoms with Crippen LogP contribution in [0.2, 0.25) is 0 Å². The Bertz CT molecular complexity index is 531. The molecule has 0 bridgehead atoms. The van der Waals surface area contributed by atoms with E-state index in [0.717, 1.165) is 11.1 Å². The lowest BCUT2D eigenvalue weighted by Crippen LogP contribution is -2.34. The van der Waals surface area contributed by atoms with Crippen LogP contribution in [0.5, 0.6) is 0 Å². The van der Waals surface area contributed by atoms with Gasteiger partial charge >= 0.3 is 5.97 Å². The van der Waals surface area contributed by atoms with Crippen molar-refractivity contribution in [1.29, 1.82) is 0 Å². The Labute approximate surface area is 123 Å². The molecule has 0 unspecified atom stereocenters. The van der Waals surface area contributed by atoms with Gasteiger partial charge < -0.3 is 4.74 Å². The highest BCUT2D eigenvalue weighted by Crippen LogP contribution is 2.07. The lowest BCUT2D eigenvalue weighted by molar-refractivity contribution is -0.146. The number of nitrogens with one attached hydrogen (secondary N) is 1. The third kappa shape index (κ3) is 4.37. The first-order chi connectivity index (χ1) is 9.79. The molecule has 2 rings (SSSR count). The minimum atomic E-state index is -0.553. The summed E-state index contributed by atoms with van der Waals surface area (Å²) in [4.78, 5) is 14.5. The van der Waals surface area contributed by atoms with Gasteiger partial charge in [-0.25, -0.2) is 4.84 Å². The highest BCUT2D eigenvalue weighted by atomic mass is 35.5. The van der Waals surface area contributed by atoms with Crippen LogP contribution in [0.4, 0.5) is 0 Å². The van der Waals surface area contributed by atoms with Crippen molar-refractivity contribution in [3.63, 3.8) is 0 Å². The Kier molecular flexibility index (Phi) is 5.59. The normalized spacial score (nSPS) is 11.8. The molecule has 0 spiro atoms. The summed E-state index contributed by atoms with van der Waals surface area (Å²) in [6.45, 7) is 0.254. The van der Waals surface area contributed by atoms with E-state index in [1.165, 1.54) is 0 Å². The maximum absolute atomic E-state index is 12.0. The summed E-state index contributed by atoms with van der Waals surface area (Å²) < 4.78 is 5.27. The standard InChI is InChI=1S/C16H16ClNO2/c17-18-15(11-13-7-3-1-4-8-13)16(19)20-12-14-9-5-2-6-10-14/h1-10,15,18H,11-12H2/t15-/m0/s1. The highest BCUT2D eigenvalue weighted by molar-refractivity contribution is 6.14. The number of carbonyl (C=O) groups is 1. The first-order valence-corrected chi connectivity index (χ1v) is 6.78. The zero-order chi connectivity index (χ0) is 14.2. The fourth-order valence-corrected chi connectivity index (χ4v) is 2.01. The number of esters is 1. The molecule has 1 atom stereocenters. The average molecular weight is 290 g/mol. The van der Waals surface area contributed by atoms with Crippen LogP contribution in [0.25, 0.3) is 0 Å². The van der Waals surface area contributed by atoms with Crippen LogP contribution < -0.4 is 4.84 Å². The van der Waals surface area contributed by atoms with Crippen molar-refractivity contribution >= 4 is 17.7 Å². The molecular weight excluding hydrogens is 274 g/mol. The number of ether oxygens (including phenoxy) is 1. The van der Waals surface area contributed by atoms with Crippen molar-refractivity contribution in [1.82, 2.24) is 4.84 Å². The molecule has 104 valence electrons. The fraction of sp³-hybridized carbons (Fsp3) is 0.188. The highest BCUT2D eigenvalue weighted by Gasteiger charge is 2.19. The van der Waals surface area contributed by atoms with Crippen molar-refractivity contribution in [2.75, 3.05) is 0 Å². The fourth-order valence-electron chi connectivity index (χ4n) is 1.85. The Morgan fingerprint density at radius 3 is 2.10 bits per heavy atom. The minimum Gasteiger partial charge on any atom is -0.460 e. The van der Waals surface area contributed by atoms with Crippen molar-refractivity contribution in [2.45, 2.75) is 19.1 Å². The average Bonchev–Trinajstić information content (AvgIpc) is 2.52. The summed E-state index contributed by atoms with van der Waals surface area (Å²) in [6.07, 6.45) is 0.498. The lowest BCUT2D eigenvalue weighted by atomic mass is 10.1. The van der Waals surface area contributed by atoms with Crippen molar-refractivity contribution < 1.29 is 9.53 Å². The number of hydrogen-bond donors (Lipinski definition) is 1. The van der Waals surface area contributed by atoms with Gasteiger partial charge in [0.05, 0.1) is 0 Å². The molecule has 0 saturated heterocycles. The van der Waals surface area contributed by atoms with E-state index in [1.807, 2.05) is 60.7 Å². The summed E-state index contributed by atoms with van der Waals surface area (Å²) in [5, 5.41) is 0. The molecule has 20 heavy (non-hydrogen) atoms. The zero-order valence-corrected chi connectivity index (χ0v) is 11.7. The van der Waals surface area contributed by atoms with E-state index in [0.29, 0.717) is 6.42 Å². The van der Waals surface area contributed by atoms with Gasteiger partial charge in [0.2, 0.25) is 0 Å². The van der Waals surface area contributed by atoms with Crippen LogP contribution in [0.1, 0.15) is 11.1 Å².